The van der Waals surface area contributed by atoms with Gasteiger partial charge in [0.2, 0.25) is 0 Å². The molecule has 10 nitrogen and oxygen atoms in total. The Labute approximate surface area is 249 Å². The number of benzene rings is 1. The van der Waals surface area contributed by atoms with Gasteiger partial charge in [-0.3, -0.25) is 9.97 Å². The Kier molecular flexibility index (Phi) is 7.25. The first-order valence-electron chi connectivity index (χ1n) is 13.7. The Morgan fingerprint density at radius 3 is 2.49 bits per heavy atom. The summed E-state index contributed by atoms with van der Waals surface area (Å²) in [6.07, 6.45) is 6.38. The van der Waals surface area contributed by atoms with Crippen LogP contribution in [0.1, 0.15) is 12.6 Å². The number of nitrogens with zero attached hydrogens (tertiary/aromatic N) is 6. The van der Waals surface area contributed by atoms with Crippen LogP contribution < -0.4 is 14.4 Å². The first kappa shape index (κ1) is 28.5. The molecule has 0 N–H and O–H groups in total. The van der Waals surface area contributed by atoms with Crippen LogP contribution >= 0.6 is 0 Å². The molecular formula is C31H31FN6O4S. The van der Waals surface area contributed by atoms with Gasteiger partial charge in [-0.1, -0.05) is 0 Å². The molecule has 0 saturated carbocycles. The molecule has 1 aliphatic rings. The molecule has 1 saturated heterocycles. The van der Waals surface area contributed by atoms with Gasteiger partial charge in [-0.15, -0.1) is 0 Å². The molecule has 0 amide bonds. The molecule has 5 aromatic rings. The highest BCUT2D eigenvalue weighted by molar-refractivity contribution is 7.90. The second-order valence-corrected chi connectivity index (χ2v) is 13.0. The van der Waals surface area contributed by atoms with Crippen LogP contribution in [0.25, 0.3) is 39.2 Å². The lowest BCUT2D eigenvalue weighted by Gasteiger charge is -2.48. The number of anilines is 1. The zero-order chi connectivity index (χ0) is 30.5. The fraction of sp³-hybridized carbons (Fsp3) is 0.290. The number of fused-ring (bicyclic) bond motifs is 1. The number of aryl methyl sites for hydroxylation is 1. The van der Waals surface area contributed by atoms with E-state index in [9.17, 15) is 12.8 Å². The maximum Gasteiger partial charge on any atom is 0.165 e. The van der Waals surface area contributed by atoms with Crippen LogP contribution in [0, 0.1) is 18.7 Å². The van der Waals surface area contributed by atoms with Crippen molar-refractivity contribution < 1.29 is 22.3 Å². The van der Waals surface area contributed by atoms with E-state index >= 15 is 0 Å². The van der Waals surface area contributed by atoms with Crippen LogP contribution in [0.2, 0.25) is 0 Å². The molecule has 0 spiro atoms. The molecule has 0 bridgehead atoms. The SMILES string of the molecule is COc1ccc(-c2cc(N3C[C@H](CS(C)(=O)=O)[C@H]3C)cc(-n3ncc4c(C)nc(-c5cnccc5OC)cc43)n2)cc1F. The van der Waals surface area contributed by atoms with Gasteiger partial charge in [0, 0.05) is 65.6 Å². The summed E-state index contributed by atoms with van der Waals surface area (Å²) in [7, 11) is -0.0946. The fourth-order valence-corrected chi connectivity index (χ4v) is 6.77. The number of rotatable bonds is 8. The molecule has 1 aliphatic heterocycles. The van der Waals surface area contributed by atoms with Gasteiger partial charge in [0.1, 0.15) is 15.6 Å². The van der Waals surface area contributed by atoms with Crippen molar-refractivity contribution in [2.24, 2.45) is 5.92 Å². The van der Waals surface area contributed by atoms with Gasteiger partial charge in [0.15, 0.2) is 17.4 Å². The standard InChI is InChI=1S/C31H31FN6O4S/c1-18-23-15-34-38(28(23)13-27(35-18)24-14-33-9-8-29(24)41-3)31-12-22(37-16-21(19(37)2)17-43(5,39)40)11-26(36-31)20-6-7-30(42-4)25(32)10-20/h6-15,19,21H,16-17H2,1-5H3/t19-,21-/m1/s1. The molecule has 12 heteroatoms. The monoisotopic (exact) mass is 602 g/mol. The van der Waals surface area contributed by atoms with Crippen LogP contribution in [0.5, 0.6) is 11.5 Å². The molecule has 0 radical (unpaired) electrons. The molecule has 1 fully saturated rings. The fourth-order valence-electron chi connectivity index (χ4n) is 5.61. The highest BCUT2D eigenvalue weighted by Crippen LogP contribution is 2.37. The summed E-state index contributed by atoms with van der Waals surface area (Å²) in [5.74, 6) is 0.930. The first-order valence-corrected chi connectivity index (χ1v) is 15.8. The van der Waals surface area contributed by atoms with Gasteiger partial charge < -0.3 is 14.4 Å². The molecule has 6 rings (SSSR count). The average Bonchev–Trinajstić information content (AvgIpc) is 3.43. The van der Waals surface area contributed by atoms with Crippen LogP contribution in [0.3, 0.4) is 0 Å². The Balaban J connectivity index is 1.50. The number of sulfone groups is 1. The minimum absolute atomic E-state index is 0.00442. The minimum Gasteiger partial charge on any atom is -0.496 e. The molecule has 5 heterocycles. The molecule has 43 heavy (non-hydrogen) atoms. The third-order valence-electron chi connectivity index (χ3n) is 7.95. The van der Waals surface area contributed by atoms with E-state index < -0.39 is 15.7 Å². The number of hydrogen-bond donors (Lipinski definition) is 0. The molecule has 0 unspecified atom stereocenters. The number of aromatic nitrogens is 5. The smallest absolute Gasteiger partial charge is 0.165 e. The average molecular weight is 603 g/mol. The third kappa shape index (κ3) is 5.38. The van der Waals surface area contributed by atoms with Gasteiger partial charge >= 0.3 is 0 Å². The summed E-state index contributed by atoms with van der Waals surface area (Å²) in [6, 6.07) is 12.2. The lowest BCUT2D eigenvalue weighted by molar-refractivity contribution is 0.341. The Bertz CT molecular complexity index is 1960. The molecule has 2 atom stereocenters. The second kappa shape index (κ2) is 10.9. The van der Waals surface area contributed by atoms with Crippen LogP contribution in [0.4, 0.5) is 10.1 Å². The molecule has 1 aromatic carbocycles. The van der Waals surface area contributed by atoms with E-state index in [1.165, 1.54) is 19.4 Å². The van der Waals surface area contributed by atoms with E-state index in [0.717, 1.165) is 27.8 Å². The summed E-state index contributed by atoms with van der Waals surface area (Å²) >= 11 is 0. The Morgan fingerprint density at radius 1 is 1.00 bits per heavy atom. The quantitative estimate of drug-likeness (QED) is 0.245. The number of ether oxygens (including phenoxy) is 2. The number of hydrogen-bond acceptors (Lipinski definition) is 9. The Morgan fingerprint density at radius 2 is 1.79 bits per heavy atom. The van der Waals surface area contributed by atoms with E-state index in [1.54, 1.807) is 48.6 Å². The summed E-state index contributed by atoms with van der Waals surface area (Å²) in [5, 5.41) is 5.53. The van der Waals surface area contributed by atoms with Gasteiger partial charge in [-0.25, -0.2) is 22.5 Å². The summed E-state index contributed by atoms with van der Waals surface area (Å²) in [5.41, 5.74) is 4.90. The normalized spacial score (nSPS) is 16.7. The van der Waals surface area contributed by atoms with Crippen LogP contribution in [0.15, 0.2) is 61.1 Å². The molecule has 0 aliphatic carbocycles. The number of pyridine rings is 3. The van der Waals surface area contributed by atoms with E-state index in [2.05, 4.69) is 15.0 Å². The first-order chi connectivity index (χ1) is 20.6. The van der Waals surface area contributed by atoms with Crippen molar-refractivity contribution in [1.82, 2.24) is 24.7 Å². The van der Waals surface area contributed by atoms with Crippen molar-refractivity contribution in [1.29, 1.82) is 0 Å². The van der Waals surface area contributed by atoms with Crippen molar-refractivity contribution in [3.05, 3.63) is 72.6 Å². The van der Waals surface area contributed by atoms with Gasteiger partial charge in [-0.05, 0) is 50.2 Å². The van der Waals surface area contributed by atoms with E-state index in [4.69, 9.17) is 19.4 Å². The topological polar surface area (TPSA) is 112 Å². The van der Waals surface area contributed by atoms with Crippen molar-refractivity contribution in [3.63, 3.8) is 0 Å². The lowest BCUT2D eigenvalue weighted by atomic mass is 9.91. The van der Waals surface area contributed by atoms with Crippen LogP contribution in [-0.4, -0.2) is 72.0 Å². The lowest BCUT2D eigenvalue weighted by Crippen LogP contribution is -2.57. The minimum atomic E-state index is -3.12. The van der Waals surface area contributed by atoms with Gasteiger partial charge in [-0.2, -0.15) is 5.10 Å². The van der Waals surface area contributed by atoms with Crippen molar-refractivity contribution in [2.75, 3.05) is 37.7 Å². The van der Waals surface area contributed by atoms with Crippen LogP contribution in [-0.2, 0) is 9.84 Å². The van der Waals surface area contributed by atoms with Crippen molar-refractivity contribution in [3.8, 4) is 39.8 Å². The molecular weight excluding hydrogens is 571 g/mol. The van der Waals surface area contributed by atoms with Gasteiger partial charge in [0.25, 0.3) is 0 Å². The maximum absolute atomic E-state index is 14.8. The summed E-state index contributed by atoms with van der Waals surface area (Å²) in [4.78, 5) is 16.1. The zero-order valence-electron chi connectivity index (χ0n) is 24.4. The highest BCUT2D eigenvalue weighted by atomic mass is 32.2. The summed E-state index contributed by atoms with van der Waals surface area (Å²) < 4.78 is 51.1. The molecule has 222 valence electrons. The van der Waals surface area contributed by atoms with E-state index in [0.29, 0.717) is 35.1 Å². The molecule has 4 aromatic heterocycles. The predicted octanol–water partition coefficient (Wildman–Crippen LogP) is 4.88. The summed E-state index contributed by atoms with van der Waals surface area (Å²) in [6.45, 7) is 4.50. The Hall–Kier alpha value is -4.58. The highest BCUT2D eigenvalue weighted by Gasteiger charge is 2.38. The van der Waals surface area contributed by atoms with Gasteiger partial charge in [0.05, 0.1) is 48.6 Å². The van der Waals surface area contributed by atoms with Crippen molar-refractivity contribution >= 4 is 26.4 Å². The third-order valence-corrected chi connectivity index (χ3v) is 8.98. The number of methoxy groups -OCH3 is 2. The van der Waals surface area contributed by atoms with Crippen molar-refractivity contribution in [2.45, 2.75) is 19.9 Å². The zero-order valence-corrected chi connectivity index (χ0v) is 25.3. The van der Waals surface area contributed by atoms with E-state index in [-0.39, 0.29) is 23.5 Å². The number of halogens is 1. The predicted molar refractivity (Wildman–Crippen MR) is 163 cm³/mol. The van der Waals surface area contributed by atoms with E-state index in [1.807, 2.05) is 32.0 Å². The largest absolute Gasteiger partial charge is 0.496 e. The second-order valence-electron chi connectivity index (χ2n) is 10.8. The maximum atomic E-state index is 14.8.